The van der Waals surface area contributed by atoms with E-state index in [1.807, 2.05) is 18.2 Å². The standard InChI is InChI=1S/C12H13NO3/c1-10(14)7-8-12(13(15)16)9-11-5-3-2-4-6-11/h2-6,9H,7-8H2,1H3/b12-9+. The predicted octanol–water partition coefficient (Wildman–Crippen LogP) is 2.67. The van der Waals surface area contributed by atoms with Crippen LogP contribution < -0.4 is 0 Å². The average molecular weight is 219 g/mol. The lowest BCUT2D eigenvalue weighted by Crippen LogP contribution is -2.01. The summed E-state index contributed by atoms with van der Waals surface area (Å²) in [7, 11) is 0. The molecule has 0 N–H and O–H groups in total. The van der Waals surface area contributed by atoms with Crippen LogP contribution in [0, 0.1) is 10.1 Å². The van der Waals surface area contributed by atoms with Gasteiger partial charge in [-0.2, -0.15) is 0 Å². The number of hydrogen-bond donors (Lipinski definition) is 0. The molecule has 0 spiro atoms. The Morgan fingerprint density at radius 2 is 1.94 bits per heavy atom. The molecule has 0 aliphatic rings. The summed E-state index contributed by atoms with van der Waals surface area (Å²) in [5, 5.41) is 10.7. The van der Waals surface area contributed by atoms with Crippen LogP contribution in [0.1, 0.15) is 25.3 Å². The van der Waals surface area contributed by atoms with Crippen molar-refractivity contribution in [3.63, 3.8) is 0 Å². The lowest BCUT2D eigenvalue weighted by molar-refractivity contribution is -0.426. The highest BCUT2D eigenvalue weighted by Crippen LogP contribution is 2.12. The number of carbonyl (C=O) groups is 1. The average Bonchev–Trinajstić information content (AvgIpc) is 2.25. The minimum absolute atomic E-state index is 0.0409. The molecule has 0 radical (unpaired) electrons. The minimum atomic E-state index is -0.435. The van der Waals surface area contributed by atoms with Gasteiger partial charge < -0.3 is 4.79 Å². The molecule has 0 fully saturated rings. The molecule has 4 heteroatoms. The summed E-state index contributed by atoms with van der Waals surface area (Å²) in [4.78, 5) is 21.1. The highest BCUT2D eigenvalue weighted by molar-refractivity contribution is 5.75. The maximum absolute atomic E-state index is 10.8. The zero-order chi connectivity index (χ0) is 12.0. The smallest absolute Gasteiger partial charge is 0.247 e. The Morgan fingerprint density at radius 1 is 1.31 bits per heavy atom. The van der Waals surface area contributed by atoms with Crippen LogP contribution in [0.5, 0.6) is 0 Å². The van der Waals surface area contributed by atoms with Crippen LogP contribution in [0.3, 0.4) is 0 Å². The molecule has 0 heterocycles. The van der Waals surface area contributed by atoms with Crippen molar-refractivity contribution in [1.29, 1.82) is 0 Å². The molecular weight excluding hydrogens is 206 g/mol. The second kappa shape index (κ2) is 5.80. The molecule has 1 aromatic carbocycles. The minimum Gasteiger partial charge on any atom is -0.300 e. The van der Waals surface area contributed by atoms with E-state index >= 15 is 0 Å². The van der Waals surface area contributed by atoms with Crippen molar-refractivity contribution in [2.75, 3.05) is 0 Å². The van der Waals surface area contributed by atoms with Gasteiger partial charge in [-0.3, -0.25) is 10.1 Å². The number of hydrogen-bond acceptors (Lipinski definition) is 3. The first-order valence-electron chi connectivity index (χ1n) is 4.99. The van der Waals surface area contributed by atoms with E-state index in [2.05, 4.69) is 0 Å². The molecule has 0 aliphatic carbocycles. The number of rotatable bonds is 5. The monoisotopic (exact) mass is 219 g/mol. The van der Waals surface area contributed by atoms with Crippen molar-refractivity contribution < 1.29 is 9.72 Å². The van der Waals surface area contributed by atoms with Crippen LogP contribution in [0.2, 0.25) is 0 Å². The van der Waals surface area contributed by atoms with Gasteiger partial charge in [-0.15, -0.1) is 0 Å². The van der Waals surface area contributed by atoms with Gasteiger partial charge in [-0.1, -0.05) is 30.3 Å². The second-order valence-electron chi connectivity index (χ2n) is 3.51. The van der Waals surface area contributed by atoms with Crippen LogP contribution >= 0.6 is 0 Å². The normalized spacial score (nSPS) is 11.2. The van der Waals surface area contributed by atoms with Gasteiger partial charge in [0.1, 0.15) is 5.78 Å². The van der Waals surface area contributed by atoms with Gasteiger partial charge in [0.25, 0.3) is 0 Å². The summed E-state index contributed by atoms with van der Waals surface area (Å²) < 4.78 is 0. The highest BCUT2D eigenvalue weighted by Gasteiger charge is 2.11. The topological polar surface area (TPSA) is 60.2 Å². The molecule has 0 atom stereocenters. The summed E-state index contributed by atoms with van der Waals surface area (Å²) in [5.74, 6) is -0.0409. The van der Waals surface area contributed by atoms with E-state index in [4.69, 9.17) is 0 Å². The van der Waals surface area contributed by atoms with E-state index < -0.39 is 4.92 Å². The van der Waals surface area contributed by atoms with Crippen LogP contribution in [-0.4, -0.2) is 10.7 Å². The van der Waals surface area contributed by atoms with Crippen molar-refractivity contribution in [2.24, 2.45) is 0 Å². The number of benzene rings is 1. The molecule has 0 saturated heterocycles. The Kier molecular flexibility index (Phi) is 4.39. The number of nitro groups is 1. The molecule has 0 amide bonds. The summed E-state index contributed by atoms with van der Waals surface area (Å²) >= 11 is 0. The zero-order valence-corrected chi connectivity index (χ0v) is 9.05. The first-order valence-corrected chi connectivity index (χ1v) is 4.99. The summed E-state index contributed by atoms with van der Waals surface area (Å²) in [6.45, 7) is 1.43. The number of carbonyl (C=O) groups excluding carboxylic acids is 1. The number of Topliss-reactive ketones (excluding diaryl/α,β-unsaturated/α-hetero) is 1. The Labute approximate surface area is 93.7 Å². The molecule has 0 saturated carbocycles. The first-order chi connectivity index (χ1) is 7.59. The summed E-state index contributed by atoms with van der Waals surface area (Å²) in [5.41, 5.74) is 0.846. The van der Waals surface area contributed by atoms with E-state index in [1.165, 1.54) is 13.0 Å². The van der Waals surface area contributed by atoms with Crippen molar-refractivity contribution in [3.05, 3.63) is 51.7 Å². The number of nitrogens with zero attached hydrogens (tertiary/aromatic N) is 1. The van der Waals surface area contributed by atoms with Crippen molar-refractivity contribution >= 4 is 11.9 Å². The lowest BCUT2D eigenvalue weighted by Gasteiger charge is -1.97. The molecule has 1 aromatic rings. The third kappa shape index (κ3) is 4.04. The summed E-state index contributed by atoms with van der Waals surface area (Å²) in [6, 6.07) is 9.05. The largest absolute Gasteiger partial charge is 0.300 e. The maximum atomic E-state index is 10.8. The van der Waals surface area contributed by atoms with Gasteiger partial charge in [-0.05, 0) is 12.5 Å². The third-order valence-corrected chi connectivity index (χ3v) is 2.10. The molecular formula is C12H13NO3. The van der Waals surface area contributed by atoms with Gasteiger partial charge in [-0.25, -0.2) is 0 Å². The number of allylic oxidation sites excluding steroid dienone is 1. The molecule has 1 rings (SSSR count). The fourth-order valence-corrected chi connectivity index (χ4v) is 1.26. The fraction of sp³-hybridized carbons (Fsp3) is 0.250. The van der Waals surface area contributed by atoms with E-state index in [1.54, 1.807) is 12.1 Å². The quantitative estimate of drug-likeness (QED) is 0.565. The van der Waals surface area contributed by atoms with E-state index in [0.717, 1.165) is 5.56 Å². The number of ketones is 1. The summed E-state index contributed by atoms with van der Waals surface area (Å²) in [6.07, 6.45) is 1.89. The molecule has 0 aliphatic heterocycles. The first kappa shape index (κ1) is 12.1. The highest BCUT2D eigenvalue weighted by atomic mass is 16.6. The lowest BCUT2D eigenvalue weighted by atomic mass is 10.1. The van der Waals surface area contributed by atoms with Gasteiger partial charge in [0, 0.05) is 18.9 Å². The molecule has 0 aromatic heterocycles. The Balaban J connectivity index is 2.81. The van der Waals surface area contributed by atoms with Gasteiger partial charge in [0.05, 0.1) is 4.92 Å². The van der Waals surface area contributed by atoms with Gasteiger partial charge in [0.15, 0.2) is 0 Å². The van der Waals surface area contributed by atoms with Crippen LogP contribution in [0.4, 0.5) is 0 Å². The van der Waals surface area contributed by atoms with E-state index in [9.17, 15) is 14.9 Å². The Hall–Kier alpha value is -1.97. The van der Waals surface area contributed by atoms with Crippen LogP contribution in [0.25, 0.3) is 6.08 Å². The van der Waals surface area contributed by atoms with Crippen molar-refractivity contribution in [1.82, 2.24) is 0 Å². The van der Waals surface area contributed by atoms with E-state index in [-0.39, 0.29) is 24.3 Å². The van der Waals surface area contributed by atoms with Crippen LogP contribution in [0.15, 0.2) is 36.0 Å². The van der Waals surface area contributed by atoms with Crippen LogP contribution in [-0.2, 0) is 4.79 Å². The molecule has 16 heavy (non-hydrogen) atoms. The molecule has 0 bridgehead atoms. The fourth-order valence-electron chi connectivity index (χ4n) is 1.26. The second-order valence-corrected chi connectivity index (χ2v) is 3.51. The molecule has 0 unspecified atom stereocenters. The zero-order valence-electron chi connectivity index (χ0n) is 9.05. The van der Waals surface area contributed by atoms with Gasteiger partial charge in [0.2, 0.25) is 5.70 Å². The Bertz CT molecular complexity index is 410. The van der Waals surface area contributed by atoms with E-state index in [0.29, 0.717) is 0 Å². The third-order valence-electron chi connectivity index (χ3n) is 2.10. The van der Waals surface area contributed by atoms with Gasteiger partial charge >= 0.3 is 0 Å². The van der Waals surface area contributed by atoms with Crippen molar-refractivity contribution in [2.45, 2.75) is 19.8 Å². The molecule has 84 valence electrons. The Morgan fingerprint density at radius 3 is 2.44 bits per heavy atom. The van der Waals surface area contributed by atoms with Crippen molar-refractivity contribution in [3.8, 4) is 0 Å². The SMILES string of the molecule is CC(=O)CC/C(=C\c1ccccc1)[N+](=O)[O-]. The predicted molar refractivity (Wildman–Crippen MR) is 61.3 cm³/mol. The molecule has 4 nitrogen and oxygen atoms in total. The maximum Gasteiger partial charge on any atom is 0.247 e.